The second-order valence-electron chi connectivity index (χ2n) is 6.58. The summed E-state index contributed by atoms with van der Waals surface area (Å²) in [5.74, 6) is -1.12. The van der Waals surface area contributed by atoms with Gasteiger partial charge in [-0.3, -0.25) is 9.59 Å². The van der Waals surface area contributed by atoms with E-state index in [1.54, 1.807) is 54.8 Å². The average molecular weight is 488 g/mol. The Morgan fingerprint density at radius 1 is 1.12 bits per heavy atom. The number of benzene rings is 2. The predicted octanol–water partition coefficient (Wildman–Crippen LogP) is 5.18. The monoisotopic (exact) mass is 487 g/mol. The SMILES string of the molecule is CCOC(=O)c1nn(-c2ccc(Cl)cc2)c(=O)c2c(NC(=O)c3cccc(Cl)c3)scc12. The van der Waals surface area contributed by atoms with E-state index in [0.717, 1.165) is 16.0 Å². The van der Waals surface area contributed by atoms with Gasteiger partial charge >= 0.3 is 5.97 Å². The van der Waals surface area contributed by atoms with Crippen LogP contribution in [-0.4, -0.2) is 28.3 Å². The maximum atomic E-state index is 13.4. The first kappa shape index (κ1) is 22.0. The van der Waals surface area contributed by atoms with E-state index >= 15 is 0 Å². The van der Waals surface area contributed by atoms with E-state index in [0.29, 0.717) is 26.7 Å². The summed E-state index contributed by atoms with van der Waals surface area (Å²) in [6.45, 7) is 1.82. The van der Waals surface area contributed by atoms with Crippen LogP contribution in [0.25, 0.3) is 16.5 Å². The summed E-state index contributed by atoms with van der Waals surface area (Å²) in [4.78, 5) is 38.7. The zero-order valence-corrected chi connectivity index (χ0v) is 18.9. The zero-order chi connectivity index (χ0) is 22.8. The van der Waals surface area contributed by atoms with Crippen molar-refractivity contribution in [3.8, 4) is 5.69 Å². The van der Waals surface area contributed by atoms with E-state index in [2.05, 4.69) is 10.4 Å². The van der Waals surface area contributed by atoms with Crippen molar-refractivity contribution in [1.82, 2.24) is 9.78 Å². The molecule has 2 heterocycles. The second kappa shape index (κ2) is 9.12. The van der Waals surface area contributed by atoms with Crippen LogP contribution in [0.5, 0.6) is 0 Å². The molecule has 2 aromatic heterocycles. The number of nitrogens with zero attached hydrogens (tertiary/aromatic N) is 2. The lowest BCUT2D eigenvalue weighted by Crippen LogP contribution is -2.25. The summed E-state index contributed by atoms with van der Waals surface area (Å²) >= 11 is 13.0. The molecule has 1 N–H and O–H groups in total. The molecule has 162 valence electrons. The number of hydrogen-bond donors (Lipinski definition) is 1. The Hall–Kier alpha value is -3.20. The first-order valence-electron chi connectivity index (χ1n) is 9.43. The highest BCUT2D eigenvalue weighted by atomic mass is 35.5. The van der Waals surface area contributed by atoms with Gasteiger partial charge < -0.3 is 10.1 Å². The van der Waals surface area contributed by atoms with Gasteiger partial charge in [-0.15, -0.1) is 11.3 Å². The van der Waals surface area contributed by atoms with Gasteiger partial charge in [0.05, 0.1) is 17.7 Å². The minimum absolute atomic E-state index is 0.0316. The molecule has 4 rings (SSSR count). The van der Waals surface area contributed by atoms with Crippen LogP contribution in [-0.2, 0) is 4.74 Å². The van der Waals surface area contributed by atoms with E-state index in [1.807, 2.05) is 0 Å². The minimum atomic E-state index is -0.675. The zero-order valence-electron chi connectivity index (χ0n) is 16.6. The number of carbonyl (C=O) groups is 2. The fraction of sp³-hybridized carbons (Fsp3) is 0.0909. The van der Waals surface area contributed by atoms with Crippen LogP contribution in [0.15, 0.2) is 58.7 Å². The summed E-state index contributed by atoms with van der Waals surface area (Å²) in [5, 5.41) is 10.2. The Kier molecular flexibility index (Phi) is 6.27. The van der Waals surface area contributed by atoms with Crippen molar-refractivity contribution in [3.63, 3.8) is 0 Å². The van der Waals surface area contributed by atoms with E-state index in [-0.39, 0.29) is 22.7 Å². The third-order valence-electron chi connectivity index (χ3n) is 4.51. The molecule has 0 fully saturated rings. The lowest BCUT2D eigenvalue weighted by molar-refractivity contribution is 0.0520. The average Bonchev–Trinajstić information content (AvgIpc) is 3.19. The normalized spacial score (nSPS) is 10.8. The highest BCUT2D eigenvalue weighted by Gasteiger charge is 2.23. The van der Waals surface area contributed by atoms with Crippen LogP contribution < -0.4 is 10.9 Å². The van der Waals surface area contributed by atoms with Crippen molar-refractivity contribution in [1.29, 1.82) is 0 Å². The molecule has 0 unspecified atom stereocenters. The summed E-state index contributed by atoms with van der Waals surface area (Å²) in [5.41, 5.74) is 0.204. The smallest absolute Gasteiger partial charge is 0.359 e. The number of nitrogens with one attached hydrogen (secondary N) is 1. The number of aromatic nitrogens is 2. The van der Waals surface area contributed by atoms with Gasteiger partial charge in [0.15, 0.2) is 5.69 Å². The lowest BCUT2D eigenvalue weighted by atomic mass is 10.2. The number of thiophene rings is 1. The molecule has 1 amide bonds. The van der Waals surface area contributed by atoms with E-state index < -0.39 is 17.4 Å². The number of halogens is 2. The predicted molar refractivity (Wildman–Crippen MR) is 126 cm³/mol. The maximum Gasteiger partial charge on any atom is 0.359 e. The first-order chi connectivity index (χ1) is 15.4. The number of fused-ring (bicyclic) bond motifs is 1. The van der Waals surface area contributed by atoms with Gasteiger partial charge in [0.2, 0.25) is 0 Å². The molecule has 7 nitrogen and oxygen atoms in total. The molecule has 0 bridgehead atoms. The minimum Gasteiger partial charge on any atom is -0.461 e. The molecule has 32 heavy (non-hydrogen) atoms. The Labute approximate surface area is 196 Å². The molecule has 0 aliphatic heterocycles. The molecule has 0 radical (unpaired) electrons. The van der Waals surface area contributed by atoms with Gasteiger partial charge in [0, 0.05) is 26.4 Å². The van der Waals surface area contributed by atoms with Crippen molar-refractivity contribution in [2.75, 3.05) is 11.9 Å². The number of carbonyl (C=O) groups excluding carboxylic acids is 2. The summed E-state index contributed by atoms with van der Waals surface area (Å²) in [6.07, 6.45) is 0. The van der Waals surface area contributed by atoms with E-state index in [9.17, 15) is 14.4 Å². The molecular formula is C22H15Cl2N3O4S. The molecular weight excluding hydrogens is 473 g/mol. The second-order valence-corrected chi connectivity index (χ2v) is 8.33. The van der Waals surface area contributed by atoms with Crippen LogP contribution in [0, 0.1) is 0 Å². The fourth-order valence-electron chi connectivity index (χ4n) is 3.05. The number of ether oxygens (including phenoxy) is 1. The van der Waals surface area contributed by atoms with Crippen molar-refractivity contribution >= 4 is 62.2 Å². The quantitative estimate of drug-likeness (QED) is 0.391. The van der Waals surface area contributed by atoms with Gasteiger partial charge in [0.25, 0.3) is 11.5 Å². The number of hydrogen-bond acceptors (Lipinski definition) is 6. The molecule has 0 saturated carbocycles. The van der Waals surface area contributed by atoms with Gasteiger partial charge in [-0.25, -0.2) is 4.79 Å². The topological polar surface area (TPSA) is 90.3 Å². The molecule has 2 aromatic carbocycles. The largest absolute Gasteiger partial charge is 0.461 e. The molecule has 10 heteroatoms. The number of amides is 1. The van der Waals surface area contributed by atoms with Crippen LogP contribution >= 0.6 is 34.5 Å². The Balaban J connectivity index is 1.88. The van der Waals surface area contributed by atoms with Gasteiger partial charge in [0.1, 0.15) is 5.00 Å². The third kappa shape index (κ3) is 4.25. The molecule has 0 saturated heterocycles. The van der Waals surface area contributed by atoms with Crippen molar-refractivity contribution < 1.29 is 14.3 Å². The molecule has 4 aromatic rings. The van der Waals surface area contributed by atoms with Crippen LogP contribution in [0.3, 0.4) is 0 Å². The van der Waals surface area contributed by atoms with Crippen LogP contribution in [0.1, 0.15) is 27.8 Å². The lowest BCUT2D eigenvalue weighted by Gasteiger charge is -2.10. The summed E-state index contributed by atoms with van der Waals surface area (Å²) < 4.78 is 6.21. The van der Waals surface area contributed by atoms with Gasteiger partial charge in [-0.2, -0.15) is 9.78 Å². The fourth-order valence-corrected chi connectivity index (χ4v) is 4.30. The van der Waals surface area contributed by atoms with E-state index in [1.165, 1.54) is 6.07 Å². The number of rotatable bonds is 5. The van der Waals surface area contributed by atoms with Crippen LogP contribution in [0.4, 0.5) is 5.00 Å². The Morgan fingerprint density at radius 3 is 2.56 bits per heavy atom. The standard InChI is InChI=1S/C22H15Cl2N3O4S/c1-2-31-22(30)18-16-11-32-20(25-19(28)12-4-3-5-14(24)10-12)17(16)21(29)27(26-18)15-8-6-13(23)7-9-15/h3-11H,2H2,1H3,(H,25,28). The molecule has 0 aliphatic rings. The Morgan fingerprint density at radius 2 is 1.88 bits per heavy atom. The molecule has 0 atom stereocenters. The highest BCUT2D eigenvalue weighted by molar-refractivity contribution is 7.16. The van der Waals surface area contributed by atoms with Crippen molar-refractivity contribution in [2.45, 2.75) is 6.92 Å². The third-order valence-corrected chi connectivity index (χ3v) is 5.89. The summed E-state index contributed by atoms with van der Waals surface area (Å²) in [6, 6.07) is 12.9. The molecule has 0 spiro atoms. The van der Waals surface area contributed by atoms with Gasteiger partial charge in [-0.1, -0.05) is 29.3 Å². The van der Waals surface area contributed by atoms with Gasteiger partial charge in [-0.05, 0) is 49.4 Å². The Bertz CT molecular complexity index is 1400. The van der Waals surface area contributed by atoms with Crippen molar-refractivity contribution in [2.24, 2.45) is 0 Å². The van der Waals surface area contributed by atoms with Crippen molar-refractivity contribution in [3.05, 3.63) is 85.6 Å². The first-order valence-corrected chi connectivity index (χ1v) is 11.1. The maximum absolute atomic E-state index is 13.4. The van der Waals surface area contributed by atoms with E-state index in [4.69, 9.17) is 27.9 Å². The summed E-state index contributed by atoms with van der Waals surface area (Å²) in [7, 11) is 0. The van der Waals surface area contributed by atoms with Crippen LogP contribution in [0.2, 0.25) is 10.0 Å². The highest BCUT2D eigenvalue weighted by Crippen LogP contribution is 2.31. The number of esters is 1. The number of anilines is 1. The molecule has 0 aliphatic carbocycles.